The summed E-state index contributed by atoms with van der Waals surface area (Å²) in [5.41, 5.74) is 5.75. The van der Waals surface area contributed by atoms with Crippen molar-refractivity contribution in [3.8, 4) is 0 Å². The van der Waals surface area contributed by atoms with Crippen LogP contribution in [0.4, 0.5) is 0 Å². The summed E-state index contributed by atoms with van der Waals surface area (Å²) in [5, 5.41) is 3.03. The van der Waals surface area contributed by atoms with Crippen molar-refractivity contribution in [3.63, 3.8) is 0 Å². The molecule has 1 heterocycles. The minimum absolute atomic E-state index is 0.0113. The lowest BCUT2D eigenvalue weighted by Crippen LogP contribution is -2.51. The van der Waals surface area contributed by atoms with Crippen LogP contribution in [-0.4, -0.2) is 43.0 Å². The maximum Gasteiger partial charge on any atom is 0.237 e. The molecule has 0 aliphatic carbocycles. The molecule has 1 amide bonds. The summed E-state index contributed by atoms with van der Waals surface area (Å²) in [5.74, 6) is 0.0113. The summed E-state index contributed by atoms with van der Waals surface area (Å²) >= 11 is 0. The van der Waals surface area contributed by atoms with Gasteiger partial charge in [0.2, 0.25) is 5.91 Å². The third kappa shape index (κ3) is 4.18. The Morgan fingerprint density at radius 2 is 2.40 bits per heavy atom. The first-order valence-electron chi connectivity index (χ1n) is 5.88. The van der Waals surface area contributed by atoms with Gasteiger partial charge in [-0.2, -0.15) is 0 Å². The zero-order valence-corrected chi connectivity index (χ0v) is 9.83. The van der Waals surface area contributed by atoms with Crippen LogP contribution >= 0.6 is 0 Å². The molecule has 88 valence electrons. The topological polar surface area (TPSA) is 58.4 Å². The van der Waals surface area contributed by atoms with E-state index in [4.69, 9.17) is 5.73 Å². The molecule has 1 aliphatic heterocycles. The van der Waals surface area contributed by atoms with Crippen LogP contribution in [0.1, 0.15) is 32.6 Å². The number of likely N-dealkylation sites (tertiary alicyclic amines) is 1. The Balaban J connectivity index is 2.30. The van der Waals surface area contributed by atoms with E-state index in [1.54, 1.807) is 0 Å². The molecule has 1 fully saturated rings. The van der Waals surface area contributed by atoms with Crippen molar-refractivity contribution < 1.29 is 4.79 Å². The smallest absolute Gasteiger partial charge is 0.237 e. The third-order valence-electron chi connectivity index (χ3n) is 2.91. The van der Waals surface area contributed by atoms with Crippen LogP contribution in [0.3, 0.4) is 0 Å². The third-order valence-corrected chi connectivity index (χ3v) is 2.91. The predicted molar refractivity (Wildman–Crippen MR) is 61.5 cm³/mol. The minimum atomic E-state index is -0.331. The zero-order chi connectivity index (χ0) is 11.3. The number of amides is 1. The number of piperidine rings is 1. The summed E-state index contributed by atoms with van der Waals surface area (Å²) in [6.07, 6.45) is 3.97. The fraction of sp³-hybridized carbons (Fsp3) is 0.909. The molecule has 1 rings (SSSR count). The predicted octanol–water partition coefficient (Wildman–Crippen LogP) is 0.324. The van der Waals surface area contributed by atoms with Gasteiger partial charge in [0.15, 0.2) is 0 Å². The Bertz CT molecular complexity index is 208. The van der Waals surface area contributed by atoms with Gasteiger partial charge in [0, 0.05) is 12.6 Å². The van der Waals surface area contributed by atoms with Crippen molar-refractivity contribution in [1.82, 2.24) is 10.2 Å². The Morgan fingerprint density at radius 3 is 3.00 bits per heavy atom. The Hall–Kier alpha value is -0.610. The summed E-state index contributed by atoms with van der Waals surface area (Å²) in [4.78, 5) is 13.9. The molecule has 0 aromatic heterocycles. The first kappa shape index (κ1) is 12.5. The molecule has 0 bridgehead atoms. The summed E-state index contributed by atoms with van der Waals surface area (Å²) in [6.45, 7) is 4.12. The molecule has 0 spiro atoms. The molecule has 0 aromatic carbocycles. The lowest BCUT2D eigenvalue weighted by molar-refractivity contribution is -0.123. The Kier molecular flexibility index (Phi) is 5.05. The van der Waals surface area contributed by atoms with E-state index in [2.05, 4.69) is 17.3 Å². The molecule has 15 heavy (non-hydrogen) atoms. The average Bonchev–Trinajstić information content (AvgIpc) is 2.18. The van der Waals surface area contributed by atoms with Crippen molar-refractivity contribution in [3.05, 3.63) is 0 Å². The first-order chi connectivity index (χ1) is 7.13. The highest BCUT2D eigenvalue weighted by molar-refractivity contribution is 5.81. The van der Waals surface area contributed by atoms with Crippen molar-refractivity contribution >= 4 is 5.91 Å². The van der Waals surface area contributed by atoms with Crippen LogP contribution in [0, 0.1) is 0 Å². The highest BCUT2D eigenvalue weighted by Gasteiger charge is 2.21. The molecule has 4 nitrogen and oxygen atoms in total. The van der Waals surface area contributed by atoms with Crippen LogP contribution in [0.25, 0.3) is 0 Å². The number of nitrogens with zero attached hydrogens (tertiary/aromatic N) is 1. The summed E-state index contributed by atoms with van der Waals surface area (Å²) in [6, 6.07) is -0.0404. The molecule has 3 N–H and O–H groups in total. The maximum atomic E-state index is 11.7. The second-order valence-corrected chi connectivity index (χ2v) is 4.51. The van der Waals surface area contributed by atoms with Crippen molar-refractivity contribution in [2.45, 2.75) is 44.7 Å². The van der Waals surface area contributed by atoms with Gasteiger partial charge in [-0.1, -0.05) is 13.3 Å². The highest BCUT2D eigenvalue weighted by atomic mass is 16.2. The van der Waals surface area contributed by atoms with E-state index in [0.717, 1.165) is 38.8 Å². The molecule has 0 saturated carbocycles. The van der Waals surface area contributed by atoms with Crippen LogP contribution in [0.15, 0.2) is 0 Å². The molecule has 1 unspecified atom stereocenters. The molecule has 4 heteroatoms. The summed E-state index contributed by atoms with van der Waals surface area (Å²) < 4.78 is 0. The van der Waals surface area contributed by atoms with Gasteiger partial charge in [-0.3, -0.25) is 4.79 Å². The van der Waals surface area contributed by atoms with Crippen LogP contribution < -0.4 is 11.1 Å². The van der Waals surface area contributed by atoms with E-state index in [1.807, 2.05) is 6.92 Å². The quantitative estimate of drug-likeness (QED) is 0.707. The highest BCUT2D eigenvalue weighted by Crippen LogP contribution is 2.08. The second-order valence-electron chi connectivity index (χ2n) is 4.51. The number of hydrogen-bond donors (Lipinski definition) is 2. The molecular formula is C11H23N3O. The minimum Gasteiger partial charge on any atom is -0.351 e. The van der Waals surface area contributed by atoms with E-state index in [0.29, 0.717) is 6.04 Å². The maximum absolute atomic E-state index is 11.7. The Morgan fingerprint density at radius 1 is 1.67 bits per heavy atom. The van der Waals surface area contributed by atoms with Crippen molar-refractivity contribution in [2.75, 3.05) is 20.1 Å². The lowest BCUT2D eigenvalue weighted by Gasteiger charge is -2.30. The largest absolute Gasteiger partial charge is 0.351 e. The molecule has 2 atom stereocenters. The van der Waals surface area contributed by atoms with Gasteiger partial charge >= 0.3 is 0 Å². The fourth-order valence-electron chi connectivity index (χ4n) is 2.03. The standard InChI is InChI=1S/C11H23N3O/c1-3-5-10(12)11(15)13-9-6-4-7-14(2)8-9/h9-10H,3-8,12H2,1-2H3,(H,13,15)/t9?,10-/m0/s1. The Labute approximate surface area is 92.2 Å². The van der Waals surface area contributed by atoms with Crippen molar-refractivity contribution in [1.29, 1.82) is 0 Å². The van der Waals surface area contributed by atoms with Crippen molar-refractivity contribution in [2.24, 2.45) is 5.73 Å². The summed E-state index contributed by atoms with van der Waals surface area (Å²) in [7, 11) is 2.09. The lowest BCUT2D eigenvalue weighted by atomic mass is 10.1. The van der Waals surface area contributed by atoms with Gasteiger partial charge in [-0.15, -0.1) is 0 Å². The monoisotopic (exact) mass is 213 g/mol. The van der Waals surface area contributed by atoms with Gasteiger partial charge < -0.3 is 16.0 Å². The first-order valence-corrected chi connectivity index (χ1v) is 5.88. The number of nitrogens with one attached hydrogen (secondary N) is 1. The molecule has 1 aliphatic rings. The van der Waals surface area contributed by atoms with Gasteiger partial charge in [0.05, 0.1) is 6.04 Å². The van der Waals surface area contributed by atoms with Crippen LogP contribution in [0.2, 0.25) is 0 Å². The molecule has 0 aromatic rings. The van der Waals surface area contributed by atoms with E-state index < -0.39 is 0 Å². The number of likely N-dealkylation sites (N-methyl/N-ethyl adjacent to an activating group) is 1. The normalized spacial score (nSPS) is 24.9. The molecular weight excluding hydrogens is 190 g/mol. The van der Waals surface area contributed by atoms with Crippen LogP contribution in [0.5, 0.6) is 0 Å². The van der Waals surface area contributed by atoms with Gasteiger partial charge in [0.1, 0.15) is 0 Å². The van der Waals surface area contributed by atoms with E-state index in [-0.39, 0.29) is 11.9 Å². The number of rotatable bonds is 4. The SMILES string of the molecule is CCC[C@H](N)C(=O)NC1CCCN(C)C1. The fourth-order valence-corrected chi connectivity index (χ4v) is 2.03. The number of carbonyl (C=O) groups excluding carboxylic acids is 1. The van der Waals surface area contributed by atoms with Gasteiger partial charge in [-0.05, 0) is 32.9 Å². The number of hydrogen-bond acceptors (Lipinski definition) is 3. The second kappa shape index (κ2) is 6.08. The van der Waals surface area contributed by atoms with E-state index in [1.165, 1.54) is 0 Å². The zero-order valence-electron chi connectivity index (χ0n) is 9.83. The van der Waals surface area contributed by atoms with Gasteiger partial charge in [0.25, 0.3) is 0 Å². The molecule has 0 radical (unpaired) electrons. The van der Waals surface area contributed by atoms with Crippen LogP contribution in [-0.2, 0) is 4.79 Å². The number of nitrogens with two attached hydrogens (primary N) is 1. The average molecular weight is 213 g/mol. The number of carbonyl (C=O) groups is 1. The van der Waals surface area contributed by atoms with Gasteiger partial charge in [-0.25, -0.2) is 0 Å². The van der Waals surface area contributed by atoms with E-state index >= 15 is 0 Å². The van der Waals surface area contributed by atoms with E-state index in [9.17, 15) is 4.79 Å². The molecule has 1 saturated heterocycles.